The number of halogens is 1. The number of nitrogens with one attached hydrogen (secondary N) is 2. The summed E-state index contributed by atoms with van der Waals surface area (Å²) in [4.78, 5) is 11.2. The van der Waals surface area contributed by atoms with Crippen molar-refractivity contribution >= 4 is 33.1 Å². The van der Waals surface area contributed by atoms with Crippen LogP contribution in [0, 0.1) is 0 Å². The van der Waals surface area contributed by atoms with Gasteiger partial charge in [0.05, 0.1) is 5.69 Å². The lowest BCUT2D eigenvalue weighted by molar-refractivity contribution is 1.06. The molecule has 1 heterocycles. The molecule has 0 aliphatic rings. The van der Waals surface area contributed by atoms with Crippen LogP contribution >= 0.6 is 15.9 Å². The quantitative estimate of drug-likeness (QED) is 0.737. The van der Waals surface area contributed by atoms with Gasteiger partial charge in [0.1, 0.15) is 5.82 Å². The highest BCUT2D eigenvalue weighted by Crippen LogP contribution is 2.21. The fraction of sp³-hybridized carbons (Fsp3) is 0. The summed E-state index contributed by atoms with van der Waals surface area (Å²) in [5.41, 5.74) is 5.81. The number of hydrogen-bond acceptors (Lipinski definition) is 4. The number of aromatic amines is 2. The van der Waals surface area contributed by atoms with E-state index in [1.165, 1.54) is 0 Å². The summed E-state index contributed by atoms with van der Waals surface area (Å²) in [5.74, 6) is 0.170. The summed E-state index contributed by atoms with van der Waals surface area (Å²) in [6, 6.07) is 7.24. The second-order valence-electron chi connectivity index (χ2n) is 3.02. The fourth-order valence-corrected chi connectivity index (χ4v) is 1.50. The molecule has 0 aliphatic carbocycles. The molecule has 1 aromatic heterocycles. The summed E-state index contributed by atoms with van der Waals surface area (Å²) in [7, 11) is 0. The van der Waals surface area contributed by atoms with E-state index in [0.29, 0.717) is 5.69 Å². The van der Waals surface area contributed by atoms with Gasteiger partial charge >= 0.3 is 0 Å². The zero-order valence-corrected chi connectivity index (χ0v) is 9.65. The molecule has 2 aromatic rings. The molecule has 4 N–H and O–H groups in total. The van der Waals surface area contributed by atoms with Gasteiger partial charge in [-0.05, 0) is 18.2 Å². The first-order valence-corrected chi connectivity index (χ1v) is 5.19. The zero-order valence-electron chi connectivity index (χ0n) is 8.07. The van der Waals surface area contributed by atoms with E-state index in [9.17, 15) is 4.79 Å². The molecule has 0 bridgehead atoms. The Hall–Kier alpha value is -1.89. The highest BCUT2D eigenvalue weighted by Gasteiger charge is 2.04. The SMILES string of the molecule is Nc1[nH][nH]c(=O)c1N=Nc1cccc(Br)c1. The van der Waals surface area contributed by atoms with Gasteiger partial charge in [-0.15, -0.1) is 5.11 Å². The van der Waals surface area contributed by atoms with Crippen molar-refractivity contribution in [2.24, 2.45) is 10.2 Å². The first-order chi connectivity index (χ1) is 7.66. The Morgan fingerprint density at radius 1 is 1.25 bits per heavy atom. The van der Waals surface area contributed by atoms with Gasteiger partial charge in [-0.2, -0.15) is 5.11 Å². The fourth-order valence-electron chi connectivity index (χ4n) is 1.11. The van der Waals surface area contributed by atoms with E-state index < -0.39 is 5.56 Å². The molecule has 0 fully saturated rings. The maximum atomic E-state index is 11.2. The lowest BCUT2D eigenvalue weighted by Gasteiger charge is -1.92. The van der Waals surface area contributed by atoms with Crippen LogP contribution in [0.1, 0.15) is 0 Å². The zero-order chi connectivity index (χ0) is 11.5. The highest BCUT2D eigenvalue weighted by atomic mass is 79.9. The van der Waals surface area contributed by atoms with Gasteiger partial charge in [-0.25, -0.2) is 0 Å². The summed E-state index contributed by atoms with van der Waals surface area (Å²) in [5, 5.41) is 12.5. The second kappa shape index (κ2) is 4.31. The summed E-state index contributed by atoms with van der Waals surface area (Å²) < 4.78 is 0.889. The van der Waals surface area contributed by atoms with Crippen molar-refractivity contribution in [3.8, 4) is 0 Å². The number of azo groups is 1. The van der Waals surface area contributed by atoms with E-state index >= 15 is 0 Å². The van der Waals surface area contributed by atoms with Gasteiger partial charge in [-0.3, -0.25) is 15.0 Å². The van der Waals surface area contributed by atoms with Gasteiger partial charge in [0.15, 0.2) is 5.69 Å². The van der Waals surface area contributed by atoms with Crippen molar-refractivity contribution in [1.82, 2.24) is 10.2 Å². The van der Waals surface area contributed by atoms with Crippen molar-refractivity contribution in [2.45, 2.75) is 0 Å². The average Bonchev–Trinajstić information content (AvgIpc) is 2.56. The van der Waals surface area contributed by atoms with Crippen LogP contribution in [0.3, 0.4) is 0 Å². The Balaban J connectivity index is 2.32. The van der Waals surface area contributed by atoms with Crippen LogP contribution in [-0.2, 0) is 0 Å². The second-order valence-corrected chi connectivity index (χ2v) is 3.94. The molecule has 2 rings (SSSR count). The Bertz CT molecular complexity index is 586. The van der Waals surface area contributed by atoms with E-state index in [2.05, 4.69) is 36.4 Å². The summed E-state index contributed by atoms with van der Waals surface area (Å²) >= 11 is 3.31. The van der Waals surface area contributed by atoms with Crippen molar-refractivity contribution in [3.05, 3.63) is 39.1 Å². The minimum absolute atomic E-state index is 0.0833. The van der Waals surface area contributed by atoms with Crippen LogP contribution in [-0.4, -0.2) is 10.2 Å². The molecule has 0 saturated carbocycles. The van der Waals surface area contributed by atoms with E-state index in [4.69, 9.17) is 5.73 Å². The first-order valence-electron chi connectivity index (χ1n) is 4.40. The normalized spacial score (nSPS) is 11.1. The van der Waals surface area contributed by atoms with Crippen LogP contribution in [0.15, 0.2) is 43.8 Å². The van der Waals surface area contributed by atoms with Crippen molar-refractivity contribution in [2.75, 3.05) is 5.73 Å². The van der Waals surface area contributed by atoms with Crippen LogP contribution < -0.4 is 11.3 Å². The van der Waals surface area contributed by atoms with E-state index in [1.807, 2.05) is 12.1 Å². The minimum Gasteiger partial charge on any atom is -0.382 e. The molecule has 0 aliphatic heterocycles. The maximum absolute atomic E-state index is 11.2. The molecule has 0 spiro atoms. The van der Waals surface area contributed by atoms with Gasteiger partial charge < -0.3 is 5.73 Å². The molecule has 1 aromatic carbocycles. The molecule has 16 heavy (non-hydrogen) atoms. The lowest BCUT2D eigenvalue weighted by atomic mass is 10.3. The number of nitrogen functional groups attached to an aromatic ring is 1. The Morgan fingerprint density at radius 2 is 2.06 bits per heavy atom. The van der Waals surface area contributed by atoms with Crippen molar-refractivity contribution < 1.29 is 0 Å². The van der Waals surface area contributed by atoms with E-state index in [-0.39, 0.29) is 11.5 Å². The van der Waals surface area contributed by atoms with Crippen LogP contribution in [0.4, 0.5) is 17.2 Å². The monoisotopic (exact) mass is 281 g/mol. The topological polar surface area (TPSA) is 99.4 Å². The molecule has 0 unspecified atom stereocenters. The highest BCUT2D eigenvalue weighted by molar-refractivity contribution is 9.10. The maximum Gasteiger partial charge on any atom is 0.293 e. The molecule has 0 radical (unpaired) electrons. The first kappa shape index (κ1) is 10.6. The molecule has 0 atom stereocenters. The summed E-state index contributed by atoms with van der Waals surface area (Å²) in [6.45, 7) is 0. The third kappa shape index (κ3) is 2.19. The van der Waals surface area contributed by atoms with Gasteiger partial charge in [0.2, 0.25) is 0 Å². The largest absolute Gasteiger partial charge is 0.382 e. The van der Waals surface area contributed by atoms with E-state index in [0.717, 1.165) is 4.47 Å². The number of nitrogens with zero attached hydrogens (tertiary/aromatic N) is 2. The molecular formula is C9H8BrN5O. The molecule has 0 saturated heterocycles. The molecule has 7 heteroatoms. The Morgan fingerprint density at radius 3 is 2.69 bits per heavy atom. The molecule has 82 valence electrons. The average molecular weight is 282 g/mol. The van der Waals surface area contributed by atoms with Crippen LogP contribution in [0.2, 0.25) is 0 Å². The van der Waals surface area contributed by atoms with Crippen LogP contribution in [0.5, 0.6) is 0 Å². The van der Waals surface area contributed by atoms with Gasteiger partial charge in [0.25, 0.3) is 5.56 Å². The van der Waals surface area contributed by atoms with Gasteiger partial charge in [-0.1, -0.05) is 22.0 Å². The van der Waals surface area contributed by atoms with Gasteiger partial charge in [0, 0.05) is 4.47 Å². The predicted molar refractivity (Wildman–Crippen MR) is 64.1 cm³/mol. The third-order valence-corrected chi connectivity index (χ3v) is 2.35. The number of aromatic nitrogens is 2. The summed E-state index contributed by atoms with van der Waals surface area (Å²) in [6.07, 6.45) is 0. The lowest BCUT2D eigenvalue weighted by Crippen LogP contribution is -1.96. The molecule has 6 nitrogen and oxygen atoms in total. The molecule has 0 amide bonds. The number of hydrogen-bond donors (Lipinski definition) is 3. The predicted octanol–water partition coefficient (Wildman–Crippen LogP) is 2.46. The van der Waals surface area contributed by atoms with Crippen molar-refractivity contribution in [1.29, 1.82) is 0 Å². The Kier molecular flexibility index (Phi) is 2.86. The smallest absolute Gasteiger partial charge is 0.293 e. The number of anilines is 1. The minimum atomic E-state index is -0.392. The standard InChI is InChI=1S/C9H8BrN5O/c10-5-2-1-3-6(4-5)12-13-7-8(11)14-15-9(7)16/h1-4H,(H4,11,14,15,16). The Labute approximate surface area is 98.7 Å². The number of H-pyrrole nitrogens is 2. The van der Waals surface area contributed by atoms with E-state index in [1.54, 1.807) is 12.1 Å². The number of rotatable bonds is 2. The number of benzene rings is 1. The molecular weight excluding hydrogens is 274 g/mol. The van der Waals surface area contributed by atoms with Crippen molar-refractivity contribution in [3.63, 3.8) is 0 Å². The van der Waals surface area contributed by atoms with Crippen LogP contribution in [0.25, 0.3) is 0 Å². The third-order valence-electron chi connectivity index (χ3n) is 1.85. The number of nitrogens with two attached hydrogens (primary N) is 1.